The smallest absolute Gasteiger partial charge is 0.136 e. The Bertz CT molecular complexity index is 1740. The molecule has 2 aliphatic rings. The molecule has 154 valence electrons. The Morgan fingerprint density at radius 3 is 1.82 bits per heavy atom. The second-order valence-corrected chi connectivity index (χ2v) is 9.91. The standard InChI is InChI=1S/C31H17BrO/c32-18-13-15-27-22(17-18)30-28(33-27)16-14-26-29(30)21-9-3-6-12-25(21)31(26)23-10-4-1-7-19(23)20-8-2-5-11-24(20)31/h1-17H. The molecule has 1 heterocycles. The zero-order chi connectivity index (χ0) is 21.7. The van der Waals surface area contributed by atoms with E-state index in [0.717, 1.165) is 21.0 Å². The number of fused-ring (bicyclic) bond motifs is 14. The predicted molar refractivity (Wildman–Crippen MR) is 138 cm³/mol. The third-order valence-electron chi connectivity index (χ3n) is 7.55. The van der Waals surface area contributed by atoms with Crippen molar-refractivity contribution in [2.75, 3.05) is 0 Å². The first kappa shape index (κ1) is 17.9. The van der Waals surface area contributed by atoms with Gasteiger partial charge in [0.05, 0.1) is 5.41 Å². The van der Waals surface area contributed by atoms with Gasteiger partial charge in [-0.25, -0.2) is 0 Å². The fourth-order valence-corrected chi connectivity index (χ4v) is 6.78. The average Bonchev–Trinajstić information content (AvgIpc) is 3.47. The van der Waals surface area contributed by atoms with Crippen LogP contribution < -0.4 is 0 Å². The molecule has 0 radical (unpaired) electrons. The number of halogens is 1. The summed E-state index contributed by atoms with van der Waals surface area (Å²) in [5.41, 5.74) is 12.2. The lowest BCUT2D eigenvalue weighted by molar-refractivity contribution is 0.668. The van der Waals surface area contributed by atoms with E-state index in [2.05, 4.69) is 113 Å². The normalized spacial score (nSPS) is 14.5. The van der Waals surface area contributed by atoms with Crippen LogP contribution in [0.4, 0.5) is 0 Å². The highest BCUT2D eigenvalue weighted by Crippen LogP contribution is 2.64. The summed E-state index contributed by atoms with van der Waals surface area (Å²) in [4.78, 5) is 0. The fourth-order valence-electron chi connectivity index (χ4n) is 6.42. The molecule has 1 nitrogen and oxygen atoms in total. The van der Waals surface area contributed by atoms with Crippen LogP contribution >= 0.6 is 15.9 Å². The lowest BCUT2D eigenvalue weighted by Crippen LogP contribution is -2.25. The number of hydrogen-bond donors (Lipinski definition) is 0. The number of hydrogen-bond acceptors (Lipinski definition) is 1. The molecular weight excluding hydrogens is 468 g/mol. The zero-order valence-corrected chi connectivity index (χ0v) is 19.2. The molecule has 1 aromatic heterocycles. The number of rotatable bonds is 0. The largest absolute Gasteiger partial charge is 0.456 e. The minimum Gasteiger partial charge on any atom is -0.456 e. The van der Waals surface area contributed by atoms with Crippen molar-refractivity contribution in [3.8, 4) is 22.3 Å². The SMILES string of the molecule is Brc1ccc2oc3ccc4c(c3c2c1)-c1ccccc1C41c2ccccc2-c2ccccc21. The Morgan fingerprint density at radius 1 is 0.545 bits per heavy atom. The Kier molecular flexibility index (Phi) is 3.27. The summed E-state index contributed by atoms with van der Waals surface area (Å²) >= 11 is 3.68. The van der Waals surface area contributed by atoms with Gasteiger partial charge in [0, 0.05) is 15.2 Å². The lowest BCUT2D eigenvalue weighted by atomic mass is 9.70. The second kappa shape index (κ2) is 6.03. The molecule has 33 heavy (non-hydrogen) atoms. The van der Waals surface area contributed by atoms with Gasteiger partial charge in [0.15, 0.2) is 0 Å². The summed E-state index contributed by atoms with van der Waals surface area (Å²) in [7, 11) is 0. The molecule has 0 amide bonds. The van der Waals surface area contributed by atoms with Crippen LogP contribution in [0.1, 0.15) is 22.3 Å². The lowest BCUT2D eigenvalue weighted by Gasteiger charge is -2.30. The molecular formula is C31H17BrO. The molecule has 0 N–H and O–H groups in total. The molecule has 5 aromatic carbocycles. The summed E-state index contributed by atoms with van der Waals surface area (Å²) in [6, 6.07) is 37.5. The minimum absolute atomic E-state index is 0.317. The molecule has 0 saturated carbocycles. The van der Waals surface area contributed by atoms with Gasteiger partial charge in [-0.15, -0.1) is 0 Å². The molecule has 0 saturated heterocycles. The van der Waals surface area contributed by atoms with Gasteiger partial charge in [-0.2, -0.15) is 0 Å². The molecule has 0 atom stereocenters. The summed E-state index contributed by atoms with van der Waals surface area (Å²) < 4.78 is 7.38. The molecule has 8 rings (SSSR count). The maximum absolute atomic E-state index is 6.32. The fraction of sp³-hybridized carbons (Fsp3) is 0.0323. The van der Waals surface area contributed by atoms with Crippen LogP contribution in [0.2, 0.25) is 0 Å². The van der Waals surface area contributed by atoms with Crippen molar-refractivity contribution in [2.24, 2.45) is 0 Å². The van der Waals surface area contributed by atoms with Gasteiger partial charge in [0.2, 0.25) is 0 Å². The van der Waals surface area contributed by atoms with Crippen LogP contribution in [0.15, 0.2) is 112 Å². The summed E-state index contributed by atoms with van der Waals surface area (Å²) in [6.45, 7) is 0. The van der Waals surface area contributed by atoms with Crippen molar-refractivity contribution in [3.63, 3.8) is 0 Å². The van der Waals surface area contributed by atoms with E-state index in [1.807, 2.05) is 6.07 Å². The summed E-state index contributed by atoms with van der Waals surface area (Å²) in [5, 5.41) is 2.36. The van der Waals surface area contributed by atoms with Gasteiger partial charge in [-0.1, -0.05) is 94.8 Å². The highest BCUT2D eigenvalue weighted by molar-refractivity contribution is 9.10. The van der Waals surface area contributed by atoms with E-state index in [1.165, 1.54) is 49.9 Å². The van der Waals surface area contributed by atoms with Gasteiger partial charge in [0.25, 0.3) is 0 Å². The quantitative estimate of drug-likeness (QED) is 0.209. The van der Waals surface area contributed by atoms with Gasteiger partial charge in [-0.05, 0) is 68.8 Å². The molecule has 1 spiro atoms. The number of furan rings is 1. The van der Waals surface area contributed by atoms with Crippen molar-refractivity contribution in [1.82, 2.24) is 0 Å². The second-order valence-electron chi connectivity index (χ2n) is 8.99. The molecule has 0 fully saturated rings. The van der Waals surface area contributed by atoms with Crippen LogP contribution in [0.25, 0.3) is 44.2 Å². The Labute approximate surface area is 199 Å². The Morgan fingerprint density at radius 2 is 1.12 bits per heavy atom. The third kappa shape index (κ3) is 2.00. The molecule has 2 heteroatoms. The molecule has 2 aliphatic carbocycles. The first-order valence-corrected chi connectivity index (χ1v) is 12.0. The minimum atomic E-state index is -0.317. The highest BCUT2D eigenvalue weighted by Gasteiger charge is 2.52. The molecule has 0 aliphatic heterocycles. The Hall–Kier alpha value is -3.62. The van der Waals surface area contributed by atoms with Gasteiger partial charge in [0.1, 0.15) is 11.2 Å². The summed E-state index contributed by atoms with van der Waals surface area (Å²) in [5.74, 6) is 0. The van der Waals surface area contributed by atoms with E-state index in [1.54, 1.807) is 0 Å². The van der Waals surface area contributed by atoms with E-state index in [4.69, 9.17) is 4.42 Å². The molecule has 0 bridgehead atoms. The maximum atomic E-state index is 6.32. The highest BCUT2D eigenvalue weighted by atomic mass is 79.9. The monoisotopic (exact) mass is 484 g/mol. The molecule has 6 aromatic rings. The number of benzene rings is 5. The van der Waals surface area contributed by atoms with Crippen LogP contribution in [-0.2, 0) is 5.41 Å². The van der Waals surface area contributed by atoms with Crippen LogP contribution in [0, 0.1) is 0 Å². The van der Waals surface area contributed by atoms with Crippen LogP contribution in [-0.4, -0.2) is 0 Å². The van der Waals surface area contributed by atoms with Gasteiger partial charge >= 0.3 is 0 Å². The van der Waals surface area contributed by atoms with E-state index >= 15 is 0 Å². The van der Waals surface area contributed by atoms with Gasteiger partial charge < -0.3 is 4.42 Å². The van der Waals surface area contributed by atoms with E-state index in [9.17, 15) is 0 Å². The Balaban J connectivity index is 1.64. The maximum Gasteiger partial charge on any atom is 0.136 e. The van der Waals surface area contributed by atoms with Crippen LogP contribution in [0.3, 0.4) is 0 Å². The van der Waals surface area contributed by atoms with Gasteiger partial charge in [-0.3, -0.25) is 0 Å². The topological polar surface area (TPSA) is 13.1 Å². The van der Waals surface area contributed by atoms with E-state index < -0.39 is 0 Å². The van der Waals surface area contributed by atoms with Crippen molar-refractivity contribution >= 4 is 37.9 Å². The average molecular weight is 485 g/mol. The first-order valence-electron chi connectivity index (χ1n) is 11.2. The first-order chi connectivity index (χ1) is 16.3. The van der Waals surface area contributed by atoms with Crippen molar-refractivity contribution in [2.45, 2.75) is 5.41 Å². The van der Waals surface area contributed by atoms with E-state index in [0.29, 0.717) is 0 Å². The van der Waals surface area contributed by atoms with Crippen LogP contribution in [0.5, 0.6) is 0 Å². The van der Waals surface area contributed by atoms with Crippen molar-refractivity contribution in [1.29, 1.82) is 0 Å². The van der Waals surface area contributed by atoms with Crippen molar-refractivity contribution < 1.29 is 4.42 Å². The van der Waals surface area contributed by atoms with Crippen molar-refractivity contribution in [3.05, 3.63) is 130 Å². The predicted octanol–water partition coefficient (Wildman–Crippen LogP) is 8.69. The zero-order valence-electron chi connectivity index (χ0n) is 17.6. The van der Waals surface area contributed by atoms with E-state index in [-0.39, 0.29) is 5.41 Å². The summed E-state index contributed by atoms with van der Waals surface area (Å²) in [6.07, 6.45) is 0. The molecule has 0 unspecified atom stereocenters. The third-order valence-corrected chi connectivity index (χ3v) is 8.05.